The minimum absolute atomic E-state index is 0.0144. The highest BCUT2D eigenvalue weighted by molar-refractivity contribution is 5.27. The minimum atomic E-state index is -0.0144. The molecular formula is C20H19NO2. The fraction of sp³-hybridized carbons (Fsp3) is 0.150. The largest absolute Gasteiger partial charge is 0.474 e. The van der Waals surface area contributed by atoms with E-state index in [1.165, 1.54) is 0 Å². The lowest BCUT2D eigenvalue weighted by Gasteiger charge is -2.12. The molecule has 0 aliphatic heterocycles. The number of benzene rings is 2. The summed E-state index contributed by atoms with van der Waals surface area (Å²) in [5, 5.41) is 0. The normalized spacial score (nSPS) is 10.5. The maximum atomic E-state index is 12.5. The number of hydrogen-bond donors (Lipinski definition) is 0. The van der Waals surface area contributed by atoms with Gasteiger partial charge in [-0.25, -0.2) is 0 Å². The van der Waals surface area contributed by atoms with Crippen LogP contribution in [0.25, 0.3) is 0 Å². The average molecular weight is 305 g/mol. The molecule has 0 saturated carbocycles. The predicted octanol–water partition coefficient (Wildman–Crippen LogP) is 3.56. The topological polar surface area (TPSA) is 31.2 Å². The Hall–Kier alpha value is -2.81. The third kappa shape index (κ3) is 3.69. The van der Waals surface area contributed by atoms with E-state index in [0.717, 1.165) is 16.7 Å². The molecule has 3 nitrogen and oxygen atoms in total. The van der Waals surface area contributed by atoms with E-state index in [1.807, 2.05) is 72.8 Å². The van der Waals surface area contributed by atoms with Gasteiger partial charge >= 0.3 is 0 Å². The molecule has 2 aromatic carbocycles. The highest BCUT2D eigenvalue weighted by atomic mass is 16.5. The summed E-state index contributed by atoms with van der Waals surface area (Å²) in [6, 6.07) is 23.6. The molecule has 0 N–H and O–H groups in total. The number of nitrogens with zero attached hydrogens (tertiary/aromatic N) is 1. The molecule has 0 aliphatic rings. The summed E-state index contributed by atoms with van der Waals surface area (Å²) in [7, 11) is 1.75. The lowest BCUT2D eigenvalue weighted by Crippen LogP contribution is -2.22. The van der Waals surface area contributed by atoms with Gasteiger partial charge in [-0.15, -0.1) is 0 Å². The summed E-state index contributed by atoms with van der Waals surface area (Å²) in [6.07, 6.45) is 0.631. The molecule has 1 aromatic heterocycles. The highest BCUT2D eigenvalue weighted by Gasteiger charge is 2.07. The Labute approximate surface area is 135 Å². The second-order valence-corrected chi connectivity index (χ2v) is 5.50. The van der Waals surface area contributed by atoms with Crippen molar-refractivity contribution in [3.05, 3.63) is 99.8 Å². The zero-order valence-corrected chi connectivity index (χ0v) is 13.1. The lowest BCUT2D eigenvalue weighted by atomic mass is 10.1. The monoisotopic (exact) mass is 305 g/mol. The van der Waals surface area contributed by atoms with Crippen LogP contribution in [0.1, 0.15) is 16.7 Å². The van der Waals surface area contributed by atoms with Gasteiger partial charge in [-0.05, 0) is 23.3 Å². The molecule has 0 radical (unpaired) electrons. The van der Waals surface area contributed by atoms with Gasteiger partial charge in [0.1, 0.15) is 6.61 Å². The number of rotatable bonds is 5. The van der Waals surface area contributed by atoms with Crippen molar-refractivity contribution in [1.29, 1.82) is 0 Å². The highest BCUT2D eigenvalue weighted by Crippen LogP contribution is 2.13. The van der Waals surface area contributed by atoms with Gasteiger partial charge < -0.3 is 4.74 Å². The van der Waals surface area contributed by atoms with Crippen LogP contribution in [0.4, 0.5) is 0 Å². The summed E-state index contributed by atoms with van der Waals surface area (Å²) >= 11 is 0. The third-order valence-corrected chi connectivity index (χ3v) is 3.80. The second kappa shape index (κ2) is 6.97. The molecule has 3 rings (SSSR count). The van der Waals surface area contributed by atoms with E-state index in [9.17, 15) is 4.79 Å². The summed E-state index contributed by atoms with van der Waals surface area (Å²) in [5.74, 6) is 0.579. The van der Waals surface area contributed by atoms with Crippen LogP contribution in [0, 0.1) is 0 Å². The van der Waals surface area contributed by atoms with Crippen molar-refractivity contribution in [2.24, 2.45) is 7.05 Å². The number of pyridine rings is 1. The summed E-state index contributed by atoms with van der Waals surface area (Å²) in [4.78, 5) is 12.5. The van der Waals surface area contributed by atoms with E-state index >= 15 is 0 Å². The van der Waals surface area contributed by atoms with Gasteiger partial charge in [0, 0.05) is 19.0 Å². The maximum absolute atomic E-state index is 12.5. The summed E-state index contributed by atoms with van der Waals surface area (Å²) in [5.41, 5.74) is 2.96. The molecular weight excluding hydrogens is 286 g/mol. The van der Waals surface area contributed by atoms with E-state index in [-0.39, 0.29) is 5.56 Å². The van der Waals surface area contributed by atoms with Crippen LogP contribution in [-0.4, -0.2) is 4.57 Å². The van der Waals surface area contributed by atoms with Gasteiger partial charge in [-0.1, -0.05) is 60.7 Å². The smallest absolute Gasteiger partial charge is 0.256 e. The van der Waals surface area contributed by atoms with Crippen molar-refractivity contribution in [3.63, 3.8) is 0 Å². The molecule has 116 valence electrons. The van der Waals surface area contributed by atoms with E-state index < -0.39 is 0 Å². The molecule has 0 atom stereocenters. The number of ether oxygens (including phenoxy) is 1. The maximum Gasteiger partial charge on any atom is 0.256 e. The molecule has 0 bridgehead atoms. The first-order valence-electron chi connectivity index (χ1n) is 7.63. The third-order valence-electron chi connectivity index (χ3n) is 3.80. The van der Waals surface area contributed by atoms with E-state index in [2.05, 4.69) is 0 Å². The molecule has 0 fully saturated rings. The first-order chi connectivity index (χ1) is 11.2. The van der Waals surface area contributed by atoms with Crippen LogP contribution in [0.3, 0.4) is 0 Å². The van der Waals surface area contributed by atoms with Gasteiger partial charge in [0.05, 0.1) is 0 Å². The Kier molecular flexibility index (Phi) is 4.57. The molecule has 0 amide bonds. The average Bonchev–Trinajstić information content (AvgIpc) is 2.60. The molecule has 23 heavy (non-hydrogen) atoms. The number of hydrogen-bond acceptors (Lipinski definition) is 2. The molecule has 1 heterocycles. The molecule has 0 aliphatic carbocycles. The molecule has 0 unspecified atom stereocenters. The van der Waals surface area contributed by atoms with Crippen LogP contribution < -0.4 is 10.3 Å². The first-order valence-corrected chi connectivity index (χ1v) is 7.63. The van der Waals surface area contributed by atoms with Crippen LogP contribution in [0.2, 0.25) is 0 Å². The fourth-order valence-electron chi connectivity index (χ4n) is 2.50. The zero-order valence-electron chi connectivity index (χ0n) is 13.1. The van der Waals surface area contributed by atoms with Crippen LogP contribution >= 0.6 is 0 Å². The standard InChI is InChI=1S/C20H19NO2/c1-21-19(23-15-17-10-6-3-7-11-17)13-12-18(20(21)22)14-16-8-4-2-5-9-16/h2-13H,14-15H2,1H3. The molecule has 3 heteroatoms. The van der Waals surface area contributed by atoms with Gasteiger partial charge in [0.2, 0.25) is 0 Å². The van der Waals surface area contributed by atoms with Crippen molar-refractivity contribution in [2.45, 2.75) is 13.0 Å². The molecule has 3 aromatic rings. The van der Waals surface area contributed by atoms with Crippen LogP contribution in [0.5, 0.6) is 5.88 Å². The van der Waals surface area contributed by atoms with Gasteiger partial charge in [-0.3, -0.25) is 9.36 Å². The molecule has 0 spiro atoms. The second-order valence-electron chi connectivity index (χ2n) is 5.50. The Morgan fingerprint density at radius 2 is 1.43 bits per heavy atom. The Bertz CT molecular complexity index is 823. The number of aromatic nitrogens is 1. The van der Waals surface area contributed by atoms with Crippen LogP contribution in [0.15, 0.2) is 77.6 Å². The SMILES string of the molecule is Cn1c(OCc2ccccc2)ccc(Cc2ccccc2)c1=O. The first kappa shape index (κ1) is 15.1. The van der Waals surface area contributed by atoms with E-state index in [1.54, 1.807) is 11.6 Å². The lowest BCUT2D eigenvalue weighted by molar-refractivity contribution is 0.279. The predicted molar refractivity (Wildman–Crippen MR) is 91.7 cm³/mol. The van der Waals surface area contributed by atoms with E-state index in [0.29, 0.717) is 18.9 Å². The van der Waals surface area contributed by atoms with Crippen molar-refractivity contribution >= 4 is 0 Å². The van der Waals surface area contributed by atoms with Gasteiger partial charge in [0.25, 0.3) is 5.56 Å². The summed E-state index contributed by atoms with van der Waals surface area (Å²) in [6.45, 7) is 0.451. The van der Waals surface area contributed by atoms with Crippen molar-refractivity contribution in [1.82, 2.24) is 4.57 Å². The molecule has 0 saturated heterocycles. The van der Waals surface area contributed by atoms with Crippen LogP contribution in [-0.2, 0) is 20.1 Å². The van der Waals surface area contributed by atoms with E-state index in [4.69, 9.17) is 4.74 Å². The van der Waals surface area contributed by atoms with Crippen molar-refractivity contribution in [2.75, 3.05) is 0 Å². The van der Waals surface area contributed by atoms with Gasteiger partial charge in [0.15, 0.2) is 5.88 Å². The van der Waals surface area contributed by atoms with Crippen molar-refractivity contribution < 1.29 is 4.74 Å². The Morgan fingerprint density at radius 3 is 2.09 bits per heavy atom. The fourth-order valence-corrected chi connectivity index (χ4v) is 2.50. The quantitative estimate of drug-likeness (QED) is 0.722. The Morgan fingerprint density at radius 1 is 0.826 bits per heavy atom. The Balaban J connectivity index is 1.76. The van der Waals surface area contributed by atoms with Gasteiger partial charge in [-0.2, -0.15) is 0 Å². The minimum Gasteiger partial charge on any atom is -0.474 e. The summed E-state index contributed by atoms with van der Waals surface area (Å²) < 4.78 is 7.34. The zero-order chi connectivity index (χ0) is 16.1. The van der Waals surface area contributed by atoms with Crippen molar-refractivity contribution in [3.8, 4) is 5.88 Å².